The van der Waals surface area contributed by atoms with Crippen LogP contribution in [0.25, 0.3) is 22.5 Å². The number of carboxylic acids is 1. The van der Waals surface area contributed by atoms with E-state index in [9.17, 15) is 27.2 Å². The van der Waals surface area contributed by atoms with E-state index in [4.69, 9.17) is 14.6 Å². The van der Waals surface area contributed by atoms with Crippen LogP contribution in [0.2, 0.25) is 0 Å². The summed E-state index contributed by atoms with van der Waals surface area (Å²) in [5, 5.41) is 11.4. The monoisotopic (exact) mass is 1100 g/mol. The second-order valence-electron chi connectivity index (χ2n) is 20.8. The fourth-order valence-corrected chi connectivity index (χ4v) is 9.91. The summed E-state index contributed by atoms with van der Waals surface area (Å²) in [6, 6.07) is 18.9. The van der Waals surface area contributed by atoms with E-state index in [1.165, 1.54) is 35.0 Å². The number of hydrogen-bond donors (Lipinski definition) is 2. The molecule has 0 bridgehead atoms. The van der Waals surface area contributed by atoms with Crippen molar-refractivity contribution < 1.29 is 41.7 Å². The van der Waals surface area contributed by atoms with Gasteiger partial charge in [-0.05, 0) is 133 Å². The van der Waals surface area contributed by atoms with E-state index in [0.29, 0.717) is 92.9 Å². The molecule has 0 saturated carbocycles. The van der Waals surface area contributed by atoms with E-state index >= 15 is 0 Å². The van der Waals surface area contributed by atoms with Crippen molar-refractivity contribution >= 4 is 35.7 Å². The molecule has 4 aliphatic heterocycles. The van der Waals surface area contributed by atoms with E-state index in [-0.39, 0.29) is 59.8 Å². The number of carbonyl (C=O) groups is 2. The highest BCUT2D eigenvalue weighted by Crippen LogP contribution is 2.41. The summed E-state index contributed by atoms with van der Waals surface area (Å²) in [5.41, 5.74) is 9.20. The number of nitrogens with one attached hydrogen (secondary N) is 1. The quantitative estimate of drug-likeness (QED) is 0.113. The minimum atomic E-state index is -0.787. The van der Waals surface area contributed by atoms with Crippen molar-refractivity contribution in [3.05, 3.63) is 141 Å². The lowest BCUT2D eigenvalue weighted by molar-refractivity contribution is -0.137. The Balaban J connectivity index is 0.000000201. The number of likely N-dealkylation sites (N-methyl/N-ethyl adjacent to an activating group) is 2. The standard InChI is InChI=1S/C29H33F2N5O2.C25H26F2N4O.C4H9NO2.ClH/c1-18(2)36-9-10-38-29-23(30)13-22(14-25(29)36)28-24(31)15-32-26(33-28)12-19-5-6-21-16-35(8-7-20(21)11-19)27(37)17-34(3)4;1-15(2)31-7-8-32-25-20(26)11-19(12-22(25)31)24-21(27)14-29-23(30-24)10-16-3-4-18-13-28-6-5-17(18)9-16;1-5(2)3-4(6)7;/h5-6,11,13-15,18H,7-10,12,16-17H2,1-4H3;3-4,9,11-12,14-15,28H,5-8,10,13H2,1-2H3;3H2,1-2H3,(H,6,7);1H. The van der Waals surface area contributed by atoms with Crippen LogP contribution in [0.4, 0.5) is 28.9 Å². The number of aromatic nitrogens is 4. The highest BCUT2D eigenvalue weighted by atomic mass is 35.5. The third-order valence-corrected chi connectivity index (χ3v) is 13.6. The smallest absolute Gasteiger partial charge is 0.317 e. The largest absolute Gasteiger partial charge is 0.486 e. The molecule has 416 valence electrons. The van der Waals surface area contributed by atoms with Crippen molar-refractivity contribution in [3.63, 3.8) is 0 Å². The highest BCUT2D eigenvalue weighted by Gasteiger charge is 2.28. The lowest BCUT2D eigenvalue weighted by Crippen LogP contribution is -2.40. The van der Waals surface area contributed by atoms with E-state index in [1.807, 2.05) is 68.6 Å². The second kappa shape index (κ2) is 26.1. The number of aliphatic carboxylic acids is 1. The summed E-state index contributed by atoms with van der Waals surface area (Å²) in [4.78, 5) is 49.1. The van der Waals surface area contributed by atoms with Gasteiger partial charge in [0, 0.05) is 55.7 Å². The van der Waals surface area contributed by atoms with Gasteiger partial charge in [0.15, 0.2) is 34.8 Å². The predicted octanol–water partition coefficient (Wildman–Crippen LogP) is 8.39. The summed E-state index contributed by atoms with van der Waals surface area (Å²) in [7, 11) is 7.21. The zero-order chi connectivity index (χ0) is 55.1. The van der Waals surface area contributed by atoms with Crippen molar-refractivity contribution in [2.45, 2.75) is 78.6 Å². The number of carbonyl (C=O) groups excluding carboxylic acids is 1. The van der Waals surface area contributed by atoms with Crippen molar-refractivity contribution in [2.75, 3.05) is 90.5 Å². The molecule has 0 aliphatic carbocycles. The van der Waals surface area contributed by atoms with Crippen LogP contribution in [0.5, 0.6) is 11.5 Å². The Morgan fingerprint density at radius 3 is 1.59 bits per heavy atom. The van der Waals surface area contributed by atoms with E-state index in [1.54, 1.807) is 31.1 Å². The molecule has 2 N–H and O–H groups in total. The molecule has 4 aliphatic rings. The average Bonchev–Trinajstić information content (AvgIpc) is 3.54. The Morgan fingerprint density at radius 2 is 1.13 bits per heavy atom. The molecule has 0 fully saturated rings. The molecule has 6 heterocycles. The third-order valence-electron chi connectivity index (χ3n) is 13.6. The van der Waals surface area contributed by atoms with Crippen molar-refractivity contribution in [1.82, 2.24) is 40.0 Å². The molecule has 0 spiro atoms. The molecule has 4 aromatic carbocycles. The number of rotatable bonds is 12. The van der Waals surface area contributed by atoms with Crippen LogP contribution in [-0.2, 0) is 48.4 Å². The molecule has 0 radical (unpaired) electrons. The second-order valence-corrected chi connectivity index (χ2v) is 20.8. The van der Waals surface area contributed by atoms with Crippen LogP contribution in [0.1, 0.15) is 72.7 Å². The first-order valence-corrected chi connectivity index (χ1v) is 26.0. The first-order valence-electron chi connectivity index (χ1n) is 26.0. The van der Waals surface area contributed by atoms with Gasteiger partial charge < -0.3 is 39.5 Å². The van der Waals surface area contributed by atoms with Gasteiger partial charge in [-0.2, -0.15) is 0 Å². The Morgan fingerprint density at radius 1 is 0.641 bits per heavy atom. The molecular formula is C58H69ClF4N10O5. The molecule has 6 aromatic rings. The molecule has 0 atom stereocenters. The molecule has 10 rings (SSSR count). The SMILES string of the molecule is CC(C)N1CCOc2c(F)cc(-c3nc(Cc4ccc5c(c4)CCN(C(=O)CN(C)C)C5)ncc3F)cc21.CC(C)N1CCOc2c(F)cc(-c3nc(Cc4ccc5c(c4)CCNC5)ncc3F)cc21.CN(C)CC(=O)O.Cl. The average molecular weight is 1100 g/mol. The Bertz CT molecular complexity index is 3110. The number of hydrogen-bond acceptors (Lipinski definition) is 13. The zero-order valence-electron chi connectivity index (χ0n) is 45.5. The summed E-state index contributed by atoms with van der Waals surface area (Å²) in [6.07, 6.45) is 5.00. The molecule has 0 unspecified atom stereocenters. The number of carboxylic acid groups (broad SMARTS) is 1. The van der Waals surface area contributed by atoms with Crippen LogP contribution >= 0.6 is 12.4 Å². The zero-order valence-corrected chi connectivity index (χ0v) is 46.3. The predicted molar refractivity (Wildman–Crippen MR) is 296 cm³/mol. The maximum absolute atomic E-state index is 15.0. The number of fused-ring (bicyclic) bond motifs is 4. The van der Waals surface area contributed by atoms with Gasteiger partial charge in [0.1, 0.15) is 36.3 Å². The summed E-state index contributed by atoms with van der Waals surface area (Å²) in [6.45, 7) is 13.9. The number of anilines is 2. The third kappa shape index (κ3) is 14.4. The normalized spacial score (nSPS) is 14.4. The number of benzene rings is 4. The maximum atomic E-state index is 15.0. The van der Waals surface area contributed by atoms with Crippen molar-refractivity contribution in [3.8, 4) is 34.0 Å². The lowest BCUT2D eigenvalue weighted by atomic mass is 9.96. The minimum Gasteiger partial charge on any atom is -0.486 e. The number of nitrogens with zero attached hydrogens (tertiary/aromatic N) is 9. The van der Waals surface area contributed by atoms with Gasteiger partial charge in [-0.15, -0.1) is 12.4 Å². The van der Waals surface area contributed by atoms with Gasteiger partial charge in [0.2, 0.25) is 5.91 Å². The van der Waals surface area contributed by atoms with Crippen LogP contribution < -0.4 is 24.6 Å². The van der Waals surface area contributed by atoms with Gasteiger partial charge in [0.05, 0.1) is 49.9 Å². The first kappa shape index (κ1) is 58.7. The molecule has 1 amide bonds. The van der Waals surface area contributed by atoms with Gasteiger partial charge in [-0.25, -0.2) is 37.5 Å². The lowest BCUT2D eigenvalue weighted by Gasteiger charge is -2.34. The van der Waals surface area contributed by atoms with E-state index in [0.717, 1.165) is 48.8 Å². The summed E-state index contributed by atoms with van der Waals surface area (Å²) >= 11 is 0. The first-order chi connectivity index (χ1) is 36.8. The van der Waals surface area contributed by atoms with Crippen LogP contribution in [-0.4, -0.2) is 144 Å². The minimum absolute atomic E-state index is 0. The van der Waals surface area contributed by atoms with E-state index < -0.39 is 29.2 Å². The topological polar surface area (TPSA) is 153 Å². The Kier molecular flexibility index (Phi) is 19.7. The van der Waals surface area contributed by atoms with Gasteiger partial charge in [0.25, 0.3) is 0 Å². The Labute approximate surface area is 460 Å². The molecule has 2 aromatic heterocycles. The van der Waals surface area contributed by atoms with Crippen LogP contribution in [0.3, 0.4) is 0 Å². The fraction of sp³-hybridized carbons (Fsp3) is 0.414. The summed E-state index contributed by atoms with van der Waals surface area (Å²) < 4.78 is 70.6. The molecule has 20 heteroatoms. The number of halogens is 5. The molecule has 78 heavy (non-hydrogen) atoms. The van der Waals surface area contributed by atoms with Crippen molar-refractivity contribution in [1.29, 1.82) is 0 Å². The van der Waals surface area contributed by atoms with E-state index in [2.05, 4.69) is 54.4 Å². The molecule has 15 nitrogen and oxygen atoms in total. The molecular weight excluding hydrogens is 1030 g/mol. The van der Waals surface area contributed by atoms with Gasteiger partial charge in [-0.1, -0.05) is 36.4 Å². The van der Waals surface area contributed by atoms with Crippen LogP contribution in [0, 0.1) is 23.3 Å². The highest BCUT2D eigenvalue weighted by molar-refractivity contribution is 5.85. The van der Waals surface area contributed by atoms with Gasteiger partial charge >= 0.3 is 5.97 Å². The van der Waals surface area contributed by atoms with Crippen molar-refractivity contribution in [2.24, 2.45) is 0 Å². The van der Waals surface area contributed by atoms with Gasteiger partial charge in [-0.3, -0.25) is 14.5 Å². The summed E-state index contributed by atoms with van der Waals surface area (Å²) in [5.74, 6) is -1.51. The number of ether oxygens (including phenoxy) is 2. The molecule has 0 saturated heterocycles. The fourth-order valence-electron chi connectivity index (χ4n) is 9.91. The Hall–Kier alpha value is -6.93. The maximum Gasteiger partial charge on any atom is 0.317 e. The number of amides is 1. The van der Waals surface area contributed by atoms with Crippen LogP contribution in [0.15, 0.2) is 73.1 Å².